The van der Waals surface area contributed by atoms with Crippen molar-refractivity contribution in [2.24, 2.45) is 5.92 Å². The fourth-order valence-corrected chi connectivity index (χ4v) is 4.24. The van der Waals surface area contributed by atoms with Crippen LogP contribution in [-0.2, 0) is 4.74 Å². The molecule has 2 atom stereocenters. The van der Waals surface area contributed by atoms with Gasteiger partial charge >= 0.3 is 0 Å². The molecule has 1 aliphatic carbocycles. The molecule has 2 fully saturated rings. The summed E-state index contributed by atoms with van der Waals surface area (Å²) in [5.41, 5.74) is 0.408. The predicted molar refractivity (Wildman–Crippen MR) is 85.1 cm³/mol. The van der Waals surface area contributed by atoms with Gasteiger partial charge in [0, 0.05) is 37.8 Å². The first-order valence-electron chi connectivity index (χ1n) is 8.61. The van der Waals surface area contributed by atoms with Gasteiger partial charge in [0.1, 0.15) is 0 Å². The third kappa shape index (κ3) is 3.55. The summed E-state index contributed by atoms with van der Waals surface area (Å²) in [6, 6.07) is 1.25. The molecule has 0 amide bonds. The van der Waals surface area contributed by atoms with Crippen LogP contribution in [0.25, 0.3) is 0 Å². The maximum Gasteiger partial charge on any atom is 0.0618 e. The maximum absolute atomic E-state index is 5.53. The molecule has 0 bridgehead atoms. The van der Waals surface area contributed by atoms with E-state index in [4.69, 9.17) is 4.74 Å². The zero-order valence-corrected chi connectivity index (χ0v) is 14.0. The van der Waals surface area contributed by atoms with E-state index in [1.807, 2.05) is 7.11 Å². The van der Waals surface area contributed by atoms with E-state index < -0.39 is 0 Å². The van der Waals surface area contributed by atoms with Crippen LogP contribution in [-0.4, -0.2) is 49.3 Å². The zero-order chi connectivity index (χ0) is 14.6. The maximum atomic E-state index is 5.53. The van der Waals surface area contributed by atoms with Crippen molar-refractivity contribution in [1.82, 2.24) is 10.2 Å². The highest BCUT2D eigenvalue weighted by atomic mass is 16.5. The lowest BCUT2D eigenvalue weighted by Gasteiger charge is -2.51. The Balaban J connectivity index is 2.12. The summed E-state index contributed by atoms with van der Waals surface area (Å²) in [6.07, 6.45) is 8.02. The van der Waals surface area contributed by atoms with E-state index in [9.17, 15) is 0 Å². The summed E-state index contributed by atoms with van der Waals surface area (Å²) in [5.74, 6) is 0.706. The van der Waals surface area contributed by atoms with Crippen LogP contribution in [0, 0.1) is 5.92 Å². The Bertz CT molecular complexity index is 281. The molecular weight excluding hydrogens is 248 g/mol. The lowest BCUT2D eigenvalue weighted by molar-refractivity contribution is -0.00981. The monoisotopic (exact) mass is 282 g/mol. The van der Waals surface area contributed by atoms with E-state index in [-0.39, 0.29) is 0 Å². The molecule has 1 saturated heterocycles. The van der Waals surface area contributed by atoms with Gasteiger partial charge < -0.3 is 10.1 Å². The van der Waals surface area contributed by atoms with Crippen LogP contribution in [0.3, 0.4) is 0 Å². The second-order valence-corrected chi connectivity index (χ2v) is 7.25. The third-order valence-corrected chi connectivity index (χ3v) is 5.38. The number of piperazine rings is 1. The molecule has 2 unspecified atom stereocenters. The van der Waals surface area contributed by atoms with E-state index in [0.29, 0.717) is 23.5 Å². The Morgan fingerprint density at radius 1 is 1.30 bits per heavy atom. The predicted octanol–water partition coefficient (Wildman–Crippen LogP) is 3.04. The summed E-state index contributed by atoms with van der Waals surface area (Å²) in [6.45, 7) is 10.3. The Morgan fingerprint density at radius 3 is 2.55 bits per heavy atom. The van der Waals surface area contributed by atoms with Gasteiger partial charge in [-0.25, -0.2) is 0 Å². The van der Waals surface area contributed by atoms with Crippen LogP contribution in [0.1, 0.15) is 59.3 Å². The molecule has 1 aliphatic heterocycles. The second-order valence-electron chi connectivity index (χ2n) is 7.25. The smallest absolute Gasteiger partial charge is 0.0618 e. The van der Waals surface area contributed by atoms with Gasteiger partial charge in [0.25, 0.3) is 0 Å². The molecular formula is C17H34N2O. The summed E-state index contributed by atoms with van der Waals surface area (Å²) < 4.78 is 5.53. The molecule has 0 radical (unpaired) electrons. The van der Waals surface area contributed by atoms with Crippen molar-refractivity contribution in [2.75, 3.05) is 26.8 Å². The summed E-state index contributed by atoms with van der Waals surface area (Å²) in [7, 11) is 1.85. The Kier molecular flexibility index (Phi) is 5.88. The van der Waals surface area contributed by atoms with Crippen molar-refractivity contribution in [3.05, 3.63) is 0 Å². The molecule has 0 aromatic heterocycles. The van der Waals surface area contributed by atoms with Crippen LogP contribution in [0.5, 0.6) is 0 Å². The summed E-state index contributed by atoms with van der Waals surface area (Å²) >= 11 is 0. The molecule has 3 nitrogen and oxygen atoms in total. The Morgan fingerprint density at radius 2 is 2.00 bits per heavy atom. The topological polar surface area (TPSA) is 24.5 Å². The molecule has 1 saturated carbocycles. The average Bonchev–Trinajstić information content (AvgIpc) is 2.86. The minimum Gasteiger partial charge on any atom is -0.383 e. The molecule has 1 N–H and O–H groups in total. The van der Waals surface area contributed by atoms with Crippen molar-refractivity contribution in [2.45, 2.75) is 76.9 Å². The molecule has 1 spiro atoms. The van der Waals surface area contributed by atoms with E-state index in [1.165, 1.54) is 45.1 Å². The molecule has 3 heteroatoms. The van der Waals surface area contributed by atoms with Crippen molar-refractivity contribution < 1.29 is 4.74 Å². The Hall–Kier alpha value is -0.120. The first-order valence-corrected chi connectivity index (χ1v) is 8.61. The summed E-state index contributed by atoms with van der Waals surface area (Å²) in [5, 5.41) is 3.91. The number of nitrogens with zero attached hydrogens (tertiary/aromatic N) is 1. The van der Waals surface area contributed by atoms with Gasteiger partial charge in [0.2, 0.25) is 0 Å². The minimum absolute atomic E-state index is 0.408. The van der Waals surface area contributed by atoms with Crippen molar-refractivity contribution >= 4 is 0 Å². The number of nitrogens with one attached hydrogen (secondary N) is 1. The first-order chi connectivity index (χ1) is 9.62. The van der Waals surface area contributed by atoms with Gasteiger partial charge in [0.05, 0.1) is 6.61 Å². The molecule has 0 aromatic rings. The van der Waals surface area contributed by atoms with Crippen molar-refractivity contribution in [3.8, 4) is 0 Å². The SMILES string of the molecule is CCCC(COC)N1CC2(CCCC2)NCC1C(C)C. The van der Waals surface area contributed by atoms with E-state index >= 15 is 0 Å². The number of rotatable bonds is 6. The number of hydrogen-bond acceptors (Lipinski definition) is 3. The molecule has 118 valence electrons. The lowest BCUT2D eigenvalue weighted by Crippen LogP contribution is -2.66. The van der Waals surface area contributed by atoms with E-state index in [0.717, 1.165) is 13.2 Å². The van der Waals surface area contributed by atoms with Crippen LogP contribution in [0.2, 0.25) is 0 Å². The normalized spacial score (nSPS) is 28.4. The van der Waals surface area contributed by atoms with Gasteiger partial charge in [-0.15, -0.1) is 0 Å². The number of hydrogen-bond donors (Lipinski definition) is 1. The van der Waals surface area contributed by atoms with Gasteiger partial charge in [-0.2, -0.15) is 0 Å². The van der Waals surface area contributed by atoms with Crippen molar-refractivity contribution in [3.63, 3.8) is 0 Å². The highest BCUT2D eigenvalue weighted by Gasteiger charge is 2.43. The van der Waals surface area contributed by atoms with Gasteiger partial charge in [-0.1, -0.05) is 40.0 Å². The quantitative estimate of drug-likeness (QED) is 0.810. The first kappa shape index (κ1) is 16.3. The van der Waals surface area contributed by atoms with Gasteiger partial charge in [-0.05, 0) is 25.2 Å². The van der Waals surface area contributed by atoms with Gasteiger partial charge in [0.15, 0.2) is 0 Å². The van der Waals surface area contributed by atoms with E-state index in [2.05, 4.69) is 31.0 Å². The zero-order valence-electron chi connectivity index (χ0n) is 14.0. The number of methoxy groups -OCH3 is 1. The highest BCUT2D eigenvalue weighted by Crippen LogP contribution is 2.35. The minimum atomic E-state index is 0.408. The molecule has 1 heterocycles. The van der Waals surface area contributed by atoms with Crippen LogP contribution in [0.4, 0.5) is 0 Å². The third-order valence-electron chi connectivity index (χ3n) is 5.38. The van der Waals surface area contributed by atoms with E-state index in [1.54, 1.807) is 0 Å². The van der Waals surface area contributed by atoms with Crippen LogP contribution in [0.15, 0.2) is 0 Å². The van der Waals surface area contributed by atoms with Crippen LogP contribution >= 0.6 is 0 Å². The molecule has 2 aliphatic rings. The molecule has 20 heavy (non-hydrogen) atoms. The standard InChI is InChI=1S/C17H34N2O/c1-5-8-15(12-20-4)19-13-17(9-6-7-10-17)18-11-16(19)14(2)3/h14-16,18H,5-13H2,1-4H3. The lowest BCUT2D eigenvalue weighted by atomic mass is 9.87. The highest BCUT2D eigenvalue weighted by molar-refractivity contribution is 5.03. The second kappa shape index (κ2) is 7.24. The number of ether oxygens (including phenoxy) is 1. The summed E-state index contributed by atoms with van der Waals surface area (Å²) in [4.78, 5) is 2.79. The van der Waals surface area contributed by atoms with Crippen molar-refractivity contribution in [1.29, 1.82) is 0 Å². The molecule has 2 rings (SSSR count). The molecule has 0 aromatic carbocycles. The largest absolute Gasteiger partial charge is 0.383 e. The average molecular weight is 282 g/mol. The fraction of sp³-hybridized carbons (Fsp3) is 1.00. The van der Waals surface area contributed by atoms with Gasteiger partial charge in [-0.3, -0.25) is 4.90 Å². The fourth-order valence-electron chi connectivity index (χ4n) is 4.24. The van der Waals surface area contributed by atoms with Crippen LogP contribution < -0.4 is 5.32 Å². The Labute approximate surface area is 125 Å².